The Kier molecular flexibility index (Phi) is 3.43. The smallest absolute Gasteiger partial charge is 0.262 e. The summed E-state index contributed by atoms with van der Waals surface area (Å²) in [4.78, 5) is 22.2. The molecule has 2 fully saturated rings. The van der Waals surface area contributed by atoms with Crippen LogP contribution < -0.4 is 4.90 Å². The molecule has 1 amide bonds. The molecule has 2 aromatic heterocycles. The predicted molar refractivity (Wildman–Crippen MR) is 85.6 cm³/mol. The van der Waals surface area contributed by atoms with Gasteiger partial charge in [-0.3, -0.25) is 9.78 Å². The Labute approximate surface area is 139 Å². The minimum absolute atomic E-state index is 0.0259. The van der Waals surface area contributed by atoms with E-state index in [-0.39, 0.29) is 29.4 Å². The highest BCUT2D eigenvalue weighted by Gasteiger charge is 2.51. The number of amides is 1. The highest BCUT2D eigenvalue weighted by atomic mass is 32.2. The van der Waals surface area contributed by atoms with E-state index in [1.807, 2.05) is 6.07 Å². The first kappa shape index (κ1) is 15.3. The number of sulfonamides is 1. The molecule has 0 bridgehead atoms. The fourth-order valence-corrected chi connectivity index (χ4v) is 5.22. The van der Waals surface area contributed by atoms with Gasteiger partial charge in [0.1, 0.15) is 0 Å². The van der Waals surface area contributed by atoms with E-state index >= 15 is 0 Å². The van der Waals surface area contributed by atoms with Crippen LogP contribution in [0.2, 0.25) is 0 Å². The molecule has 2 aromatic rings. The number of nitrogens with zero attached hydrogens (tertiary/aromatic N) is 5. The van der Waals surface area contributed by atoms with E-state index in [0.717, 1.165) is 0 Å². The molecule has 0 saturated carbocycles. The molecule has 9 heteroatoms. The number of imidazole rings is 1. The van der Waals surface area contributed by atoms with E-state index in [4.69, 9.17) is 0 Å². The van der Waals surface area contributed by atoms with Crippen LogP contribution >= 0.6 is 0 Å². The van der Waals surface area contributed by atoms with Gasteiger partial charge in [0.15, 0.2) is 5.03 Å². The van der Waals surface area contributed by atoms with Gasteiger partial charge in [0.25, 0.3) is 10.0 Å². The summed E-state index contributed by atoms with van der Waals surface area (Å²) in [7, 11) is -1.97. The van der Waals surface area contributed by atoms with E-state index < -0.39 is 10.0 Å². The first-order valence-corrected chi connectivity index (χ1v) is 9.14. The SMILES string of the molecule is Cn1cnc(S(=O)(=O)N2CC[C@H]3[C@H]2CC(=O)N3c2cccnc2)c1. The van der Waals surface area contributed by atoms with Crippen molar-refractivity contribution < 1.29 is 13.2 Å². The lowest BCUT2D eigenvalue weighted by atomic mass is 10.1. The number of carbonyl (C=O) groups is 1. The number of rotatable bonds is 3. The van der Waals surface area contributed by atoms with Crippen molar-refractivity contribution in [2.75, 3.05) is 11.4 Å². The second kappa shape index (κ2) is 5.38. The number of aromatic nitrogens is 3. The minimum Gasteiger partial charge on any atom is -0.339 e. The van der Waals surface area contributed by atoms with Crippen LogP contribution in [0.5, 0.6) is 0 Å². The molecule has 2 saturated heterocycles. The van der Waals surface area contributed by atoms with Crippen molar-refractivity contribution in [2.45, 2.75) is 30.0 Å². The van der Waals surface area contributed by atoms with Gasteiger partial charge in [-0.1, -0.05) is 0 Å². The Bertz CT molecular complexity index is 880. The zero-order valence-electron chi connectivity index (χ0n) is 13.1. The normalized spacial score (nSPS) is 24.5. The van der Waals surface area contributed by atoms with Gasteiger partial charge in [-0.25, -0.2) is 13.4 Å². The maximum atomic E-state index is 12.8. The average molecular weight is 347 g/mol. The average Bonchev–Trinajstić information content (AvgIpc) is 3.23. The van der Waals surface area contributed by atoms with Crippen molar-refractivity contribution in [1.29, 1.82) is 0 Å². The van der Waals surface area contributed by atoms with Gasteiger partial charge >= 0.3 is 0 Å². The molecule has 126 valence electrons. The number of anilines is 1. The Morgan fingerprint density at radius 3 is 2.79 bits per heavy atom. The number of hydrogen-bond donors (Lipinski definition) is 0. The molecule has 4 rings (SSSR count). The summed E-state index contributed by atoms with van der Waals surface area (Å²) in [5, 5.41) is 0.0259. The fourth-order valence-electron chi connectivity index (χ4n) is 3.58. The summed E-state index contributed by atoms with van der Waals surface area (Å²) >= 11 is 0. The number of fused-ring (bicyclic) bond motifs is 1. The lowest BCUT2D eigenvalue weighted by Gasteiger charge is -2.24. The molecule has 8 nitrogen and oxygen atoms in total. The number of hydrogen-bond acceptors (Lipinski definition) is 5. The van der Waals surface area contributed by atoms with Gasteiger partial charge in [-0.05, 0) is 18.6 Å². The Balaban J connectivity index is 1.66. The molecule has 2 aliphatic heterocycles. The second-order valence-electron chi connectivity index (χ2n) is 6.10. The first-order valence-electron chi connectivity index (χ1n) is 7.70. The number of pyridine rings is 1. The summed E-state index contributed by atoms with van der Waals surface area (Å²) in [6, 6.07) is 3.08. The van der Waals surface area contributed by atoms with E-state index in [9.17, 15) is 13.2 Å². The summed E-state index contributed by atoms with van der Waals surface area (Å²) in [5.74, 6) is -0.0704. The maximum Gasteiger partial charge on any atom is 0.262 e. The zero-order chi connectivity index (χ0) is 16.9. The van der Waals surface area contributed by atoms with Crippen LogP contribution in [0.25, 0.3) is 0 Å². The van der Waals surface area contributed by atoms with Gasteiger partial charge < -0.3 is 9.47 Å². The fraction of sp³-hybridized carbons (Fsp3) is 0.400. The van der Waals surface area contributed by atoms with Crippen LogP contribution in [0.3, 0.4) is 0 Å². The van der Waals surface area contributed by atoms with Gasteiger partial charge in [0.05, 0.1) is 30.3 Å². The monoisotopic (exact) mass is 347 g/mol. The van der Waals surface area contributed by atoms with Crippen molar-refractivity contribution in [3.05, 3.63) is 37.1 Å². The molecule has 0 radical (unpaired) electrons. The van der Waals surface area contributed by atoms with Crippen LogP contribution in [0.15, 0.2) is 42.1 Å². The number of aryl methyl sites for hydroxylation is 1. The van der Waals surface area contributed by atoms with Gasteiger partial charge in [0.2, 0.25) is 5.91 Å². The molecule has 0 unspecified atom stereocenters. The van der Waals surface area contributed by atoms with E-state index in [1.54, 1.807) is 35.0 Å². The standard InChI is InChI=1S/C15H17N5O3S/c1-18-9-14(17-10-18)24(22,23)19-6-4-12-13(19)7-15(21)20(12)11-3-2-5-16-8-11/h2-3,5,8-10,12-13H,4,6-7H2,1H3/t12-,13+/m0/s1. The lowest BCUT2D eigenvalue weighted by Crippen LogP contribution is -2.40. The lowest BCUT2D eigenvalue weighted by molar-refractivity contribution is -0.117. The predicted octanol–water partition coefficient (Wildman–Crippen LogP) is 0.384. The van der Waals surface area contributed by atoms with E-state index in [2.05, 4.69) is 9.97 Å². The van der Waals surface area contributed by atoms with Crippen LogP contribution in [0, 0.1) is 0 Å². The van der Waals surface area contributed by atoms with E-state index in [0.29, 0.717) is 18.7 Å². The Morgan fingerprint density at radius 2 is 2.12 bits per heavy atom. The molecule has 0 aromatic carbocycles. The molecule has 2 aliphatic rings. The third kappa shape index (κ3) is 2.23. The third-order valence-electron chi connectivity index (χ3n) is 4.62. The molecular formula is C15H17N5O3S. The van der Waals surface area contributed by atoms with Gasteiger partial charge in [-0.2, -0.15) is 4.31 Å². The van der Waals surface area contributed by atoms with Crippen molar-refractivity contribution in [3.63, 3.8) is 0 Å². The van der Waals surface area contributed by atoms with Crippen molar-refractivity contribution in [2.24, 2.45) is 7.05 Å². The summed E-state index contributed by atoms with van der Waals surface area (Å²) in [5.41, 5.74) is 0.715. The zero-order valence-corrected chi connectivity index (χ0v) is 13.9. The summed E-state index contributed by atoms with van der Waals surface area (Å²) in [6.07, 6.45) is 7.02. The molecule has 24 heavy (non-hydrogen) atoms. The third-order valence-corrected chi connectivity index (χ3v) is 6.43. The highest BCUT2D eigenvalue weighted by Crippen LogP contribution is 2.38. The van der Waals surface area contributed by atoms with Crippen LogP contribution in [0.1, 0.15) is 12.8 Å². The maximum absolute atomic E-state index is 12.8. The minimum atomic E-state index is -3.69. The van der Waals surface area contributed by atoms with E-state index in [1.165, 1.54) is 16.8 Å². The van der Waals surface area contributed by atoms with Crippen LogP contribution in [-0.4, -0.2) is 51.8 Å². The molecule has 2 atom stereocenters. The quantitative estimate of drug-likeness (QED) is 0.801. The molecule has 0 spiro atoms. The van der Waals surface area contributed by atoms with Gasteiger partial charge in [-0.15, -0.1) is 0 Å². The Hall–Kier alpha value is -2.26. The van der Waals surface area contributed by atoms with Crippen LogP contribution in [0.4, 0.5) is 5.69 Å². The second-order valence-corrected chi connectivity index (χ2v) is 7.93. The van der Waals surface area contributed by atoms with Gasteiger partial charge in [0, 0.05) is 32.4 Å². The van der Waals surface area contributed by atoms with Crippen molar-refractivity contribution in [1.82, 2.24) is 18.8 Å². The molecule has 4 heterocycles. The highest BCUT2D eigenvalue weighted by molar-refractivity contribution is 7.89. The first-order chi connectivity index (χ1) is 11.5. The topological polar surface area (TPSA) is 88.4 Å². The molecule has 0 N–H and O–H groups in total. The molecule has 0 aliphatic carbocycles. The summed E-state index contributed by atoms with van der Waals surface area (Å²) in [6.45, 7) is 0.387. The number of carbonyl (C=O) groups excluding carboxylic acids is 1. The largest absolute Gasteiger partial charge is 0.339 e. The van der Waals surface area contributed by atoms with Crippen molar-refractivity contribution in [3.8, 4) is 0 Å². The van der Waals surface area contributed by atoms with Crippen LogP contribution in [-0.2, 0) is 21.9 Å². The van der Waals surface area contributed by atoms with Crippen molar-refractivity contribution >= 4 is 21.6 Å². The summed E-state index contributed by atoms with van der Waals surface area (Å²) < 4.78 is 28.7. The Morgan fingerprint density at radius 1 is 1.29 bits per heavy atom. The molecular weight excluding hydrogens is 330 g/mol.